The van der Waals surface area contributed by atoms with Crippen LogP contribution < -0.4 is 10.2 Å². The van der Waals surface area contributed by atoms with Crippen LogP contribution in [0.3, 0.4) is 0 Å². The largest absolute Gasteiger partial charge is 0.508 e. The fourth-order valence-corrected chi connectivity index (χ4v) is 2.83. The lowest BCUT2D eigenvalue weighted by Gasteiger charge is -2.07. The van der Waals surface area contributed by atoms with Crippen LogP contribution in [0, 0.1) is 0 Å². The number of halogens is 1. The average molecular weight is 389 g/mol. The summed E-state index contributed by atoms with van der Waals surface area (Å²) in [7, 11) is 0. The van der Waals surface area contributed by atoms with Gasteiger partial charge in [0.25, 0.3) is 0 Å². The van der Waals surface area contributed by atoms with Crippen molar-refractivity contribution in [3.8, 4) is 22.6 Å². The Morgan fingerprint density at radius 2 is 1.88 bits per heavy atom. The van der Waals surface area contributed by atoms with Gasteiger partial charge >= 0.3 is 0 Å². The minimum Gasteiger partial charge on any atom is -0.508 e. The molecule has 0 saturated heterocycles. The molecule has 1 N–H and O–H groups in total. The van der Waals surface area contributed by atoms with Crippen LogP contribution in [-0.2, 0) is 0 Å². The molecule has 1 heterocycles. The van der Waals surface area contributed by atoms with Gasteiger partial charge in [0, 0.05) is 11.4 Å². The van der Waals surface area contributed by atoms with Gasteiger partial charge in [0.05, 0.1) is 17.6 Å². The van der Waals surface area contributed by atoms with E-state index in [2.05, 4.69) is 15.9 Å². The third kappa shape index (κ3) is 3.62. The highest BCUT2D eigenvalue weighted by atomic mass is 79.9. The van der Waals surface area contributed by atoms with Crippen molar-refractivity contribution in [2.75, 3.05) is 11.9 Å². The maximum absolute atomic E-state index is 12.6. The Bertz CT molecular complexity index is 884. The average Bonchev–Trinajstić information content (AvgIpc) is 2.60. The Kier molecular flexibility index (Phi) is 5.20. The molecule has 0 spiro atoms. The molecule has 124 valence electrons. The van der Waals surface area contributed by atoms with Crippen LogP contribution in [0.25, 0.3) is 22.1 Å². The molecule has 0 bridgehead atoms. The molecule has 2 aromatic carbocycles. The molecule has 0 aliphatic rings. The summed E-state index contributed by atoms with van der Waals surface area (Å²) in [6, 6.07) is 11.9. The summed E-state index contributed by atoms with van der Waals surface area (Å²) in [5.74, 6) is 0.850. The van der Waals surface area contributed by atoms with Crippen molar-refractivity contribution in [3.63, 3.8) is 0 Å². The number of phenolic OH excluding ortho intramolecular Hbond substituents is 1. The summed E-state index contributed by atoms with van der Waals surface area (Å²) in [4.78, 5) is 12.6. The first-order valence-corrected chi connectivity index (χ1v) is 8.85. The van der Waals surface area contributed by atoms with Crippen molar-refractivity contribution >= 4 is 26.9 Å². The zero-order valence-electron chi connectivity index (χ0n) is 13.0. The van der Waals surface area contributed by atoms with Crippen LogP contribution in [0.5, 0.6) is 11.5 Å². The topological polar surface area (TPSA) is 59.7 Å². The molecule has 5 heteroatoms. The second-order valence-electron chi connectivity index (χ2n) is 5.43. The molecule has 4 nitrogen and oxygen atoms in total. The maximum atomic E-state index is 12.6. The molecule has 0 amide bonds. The number of unbranched alkanes of at least 4 members (excludes halogenated alkanes) is 1. The molecule has 1 aromatic heterocycles. The number of benzene rings is 2. The molecule has 3 rings (SSSR count). The number of ether oxygens (including phenoxy) is 1. The van der Waals surface area contributed by atoms with Crippen LogP contribution in [0.15, 0.2) is 57.9 Å². The number of fused-ring (bicyclic) bond motifs is 1. The molecule has 24 heavy (non-hydrogen) atoms. The predicted octanol–water partition coefficient (Wildman–Crippen LogP) is 4.72. The smallest absolute Gasteiger partial charge is 0.200 e. The normalized spacial score (nSPS) is 10.9. The second-order valence-corrected chi connectivity index (χ2v) is 6.22. The Morgan fingerprint density at radius 1 is 1.08 bits per heavy atom. The Balaban J connectivity index is 1.84. The summed E-state index contributed by atoms with van der Waals surface area (Å²) in [5, 5.41) is 10.9. The zero-order valence-corrected chi connectivity index (χ0v) is 14.6. The number of rotatable bonds is 6. The van der Waals surface area contributed by atoms with E-state index in [0.29, 0.717) is 23.1 Å². The Morgan fingerprint density at radius 3 is 2.62 bits per heavy atom. The lowest BCUT2D eigenvalue weighted by atomic mass is 10.1. The highest BCUT2D eigenvalue weighted by molar-refractivity contribution is 9.09. The van der Waals surface area contributed by atoms with Gasteiger partial charge in [0.15, 0.2) is 5.43 Å². The molecular formula is C19H17BrO4. The maximum Gasteiger partial charge on any atom is 0.200 e. The standard InChI is InChI=1S/C19H17BrO4/c20-9-1-2-10-23-15-6-3-13(4-7-15)17-12-24-18-11-14(21)5-8-16(18)19(17)22/h3-8,11-12,21H,1-2,9-10H2. The number of alkyl halides is 1. The number of aromatic hydroxyl groups is 1. The van der Waals surface area contributed by atoms with Gasteiger partial charge in [0.1, 0.15) is 23.3 Å². The van der Waals surface area contributed by atoms with Crippen molar-refractivity contribution in [3.05, 3.63) is 59.0 Å². The Hall–Kier alpha value is -2.27. The van der Waals surface area contributed by atoms with Crippen LogP contribution in [-0.4, -0.2) is 17.0 Å². The van der Waals surface area contributed by atoms with Gasteiger partial charge in [0.2, 0.25) is 0 Å². The molecule has 0 aliphatic carbocycles. The highest BCUT2D eigenvalue weighted by Crippen LogP contribution is 2.24. The van der Waals surface area contributed by atoms with E-state index in [1.165, 1.54) is 18.4 Å². The predicted molar refractivity (Wildman–Crippen MR) is 98.1 cm³/mol. The summed E-state index contributed by atoms with van der Waals surface area (Å²) in [5.41, 5.74) is 1.50. The lowest BCUT2D eigenvalue weighted by Crippen LogP contribution is -2.04. The first kappa shape index (κ1) is 16.6. The van der Waals surface area contributed by atoms with E-state index in [0.717, 1.165) is 29.5 Å². The SMILES string of the molecule is O=c1c(-c2ccc(OCCCCBr)cc2)coc2cc(O)ccc12. The summed E-state index contributed by atoms with van der Waals surface area (Å²) >= 11 is 3.39. The first-order chi connectivity index (χ1) is 11.7. The zero-order chi connectivity index (χ0) is 16.9. The second kappa shape index (κ2) is 7.53. The van der Waals surface area contributed by atoms with Gasteiger partial charge < -0.3 is 14.3 Å². The highest BCUT2D eigenvalue weighted by Gasteiger charge is 2.09. The van der Waals surface area contributed by atoms with E-state index in [1.807, 2.05) is 24.3 Å². The van der Waals surface area contributed by atoms with E-state index >= 15 is 0 Å². The summed E-state index contributed by atoms with van der Waals surface area (Å²) in [6.45, 7) is 0.673. The van der Waals surface area contributed by atoms with E-state index in [1.54, 1.807) is 6.07 Å². The van der Waals surface area contributed by atoms with Gasteiger partial charge in [-0.2, -0.15) is 0 Å². The third-order valence-corrected chi connectivity index (χ3v) is 4.28. The molecule has 0 atom stereocenters. The van der Waals surface area contributed by atoms with Crippen LogP contribution >= 0.6 is 15.9 Å². The first-order valence-electron chi connectivity index (χ1n) is 7.73. The van der Waals surface area contributed by atoms with Crippen LogP contribution in [0.2, 0.25) is 0 Å². The van der Waals surface area contributed by atoms with Crippen LogP contribution in [0.4, 0.5) is 0 Å². The quantitative estimate of drug-likeness (QED) is 0.490. The molecule has 0 fully saturated rings. The Labute approximate surface area is 147 Å². The van der Waals surface area contributed by atoms with E-state index in [-0.39, 0.29) is 11.2 Å². The third-order valence-electron chi connectivity index (χ3n) is 3.72. The number of hydrogen-bond acceptors (Lipinski definition) is 4. The summed E-state index contributed by atoms with van der Waals surface area (Å²) < 4.78 is 11.1. The fourth-order valence-electron chi connectivity index (χ4n) is 2.43. The minimum atomic E-state index is -0.123. The number of hydrogen-bond donors (Lipinski definition) is 1. The van der Waals surface area contributed by atoms with Crippen molar-refractivity contribution in [1.29, 1.82) is 0 Å². The van der Waals surface area contributed by atoms with Crippen molar-refractivity contribution in [2.45, 2.75) is 12.8 Å². The van der Waals surface area contributed by atoms with Crippen LogP contribution in [0.1, 0.15) is 12.8 Å². The monoisotopic (exact) mass is 388 g/mol. The minimum absolute atomic E-state index is 0.0693. The van der Waals surface area contributed by atoms with Gasteiger partial charge in [-0.15, -0.1) is 0 Å². The van der Waals surface area contributed by atoms with Gasteiger partial charge in [-0.25, -0.2) is 0 Å². The van der Waals surface area contributed by atoms with Gasteiger partial charge in [-0.1, -0.05) is 28.1 Å². The lowest BCUT2D eigenvalue weighted by molar-refractivity contribution is 0.310. The molecular weight excluding hydrogens is 372 g/mol. The van der Waals surface area contributed by atoms with Gasteiger partial charge in [-0.3, -0.25) is 4.79 Å². The molecule has 3 aromatic rings. The van der Waals surface area contributed by atoms with Gasteiger partial charge in [-0.05, 0) is 42.7 Å². The van der Waals surface area contributed by atoms with Crippen molar-refractivity contribution in [1.82, 2.24) is 0 Å². The molecule has 0 aliphatic heterocycles. The van der Waals surface area contributed by atoms with E-state index < -0.39 is 0 Å². The van der Waals surface area contributed by atoms with Crippen molar-refractivity contribution in [2.24, 2.45) is 0 Å². The summed E-state index contributed by atoms with van der Waals surface area (Å²) in [6.07, 6.45) is 3.50. The fraction of sp³-hybridized carbons (Fsp3) is 0.211. The van der Waals surface area contributed by atoms with E-state index in [9.17, 15) is 9.90 Å². The molecule has 0 radical (unpaired) electrons. The van der Waals surface area contributed by atoms with Crippen molar-refractivity contribution < 1.29 is 14.3 Å². The number of phenols is 1. The molecule has 0 unspecified atom stereocenters. The van der Waals surface area contributed by atoms with E-state index in [4.69, 9.17) is 9.15 Å². The molecule has 0 saturated carbocycles.